The summed E-state index contributed by atoms with van der Waals surface area (Å²) in [5.74, 6) is -0.616. The zero-order valence-corrected chi connectivity index (χ0v) is 18.1. The van der Waals surface area contributed by atoms with Crippen molar-refractivity contribution in [2.45, 2.75) is 12.3 Å². The smallest absolute Gasteiger partial charge is 0.406 e. The number of aromatic amines is 1. The molecule has 1 aliphatic heterocycles. The topological polar surface area (TPSA) is 109 Å². The largest absolute Gasteiger partial charge is 0.573 e. The van der Waals surface area contributed by atoms with Crippen LogP contribution in [0.15, 0.2) is 61.1 Å². The van der Waals surface area contributed by atoms with Crippen LogP contribution >= 0.6 is 0 Å². The van der Waals surface area contributed by atoms with Crippen molar-refractivity contribution in [1.82, 2.24) is 29.9 Å². The van der Waals surface area contributed by atoms with Crippen molar-refractivity contribution in [3.8, 4) is 22.6 Å². The highest BCUT2D eigenvalue weighted by molar-refractivity contribution is 5.96. The lowest BCUT2D eigenvalue weighted by atomic mass is 9.92. The van der Waals surface area contributed by atoms with Gasteiger partial charge in [0.1, 0.15) is 5.75 Å². The van der Waals surface area contributed by atoms with E-state index in [0.717, 1.165) is 22.2 Å². The Balaban J connectivity index is 1.55. The lowest BCUT2D eigenvalue weighted by molar-refractivity contribution is -0.274. The van der Waals surface area contributed by atoms with Crippen LogP contribution < -0.4 is 4.74 Å². The van der Waals surface area contributed by atoms with Crippen molar-refractivity contribution in [2.24, 2.45) is 0 Å². The van der Waals surface area contributed by atoms with Crippen LogP contribution in [0.5, 0.6) is 5.75 Å². The van der Waals surface area contributed by atoms with E-state index in [4.69, 9.17) is 10.2 Å². The highest BCUT2D eigenvalue weighted by atomic mass is 19.4. The number of amides is 1. The molecular weight excluding hydrogens is 465 g/mol. The minimum Gasteiger partial charge on any atom is -0.406 e. The third-order valence-corrected chi connectivity index (χ3v) is 5.67. The number of aliphatic hydroxyl groups is 1. The van der Waals surface area contributed by atoms with E-state index in [1.807, 2.05) is 6.07 Å². The number of carbonyl (C=O) groups is 1. The first-order valence-corrected chi connectivity index (χ1v) is 10.6. The van der Waals surface area contributed by atoms with E-state index in [-0.39, 0.29) is 24.2 Å². The summed E-state index contributed by atoms with van der Waals surface area (Å²) in [5.41, 5.74) is 3.41. The number of ether oxygens (including phenoxy) is 1. The van der Waals surface area contributed by atoms with Gasteiger partial charge in [-0.1, -0.05) is 6.08 Å². The van der Waals surface area contributed by atoms with Crippen LogP contribution in [-0.4, -0.2) is 66.9 Å². The minimum atomic E-state index is -4.78. The number of fused-ring (bicyclic) bond motifs is 1. The fraction of sp³-hybridized carbons (Fsp3) is 0.217. The molecule has 4 heterocycles. The summed E-state index contributed by atoms with van der Waals surface area (Å²) in [7, 11) is 0. The monoisotopic (exact) mass is 484 g/mol. The number of hydrogen-bond acceptors (Lipinski definition) is 6. The maximum atomic E-state index is 12.5. The number of pyridine rings is 1. The molecule has 5 rings (SSSR count). The number of carbonyl (C=O) groups excluding carboxylic acids is 1. The van der Waals surface area contributed by atoms with Crippen LogP contribution in [-0.2, 0) is 4.79 Å². The van der Waals surface area contributed by atoms with Gasteiger partial charge >= 0.3 is 6.36 Å². The predicted molar refractivity (Wildman–Crippen MR) is 119 cm³/mol. The van der Waals surface area contributed by atoms with Gasteiger partial charge in [0, 0.05) is 43.0 Å². The van der Waals surface area contributed by atoms with Crippen molar-refractivity contribution < 1.29 is 27.8 Å². The Labute approximate surface area is 196 Å². The Bertz CT molecular complexity index is 1370. The molecule has 35 heavy (non-hydrogen) atoms. The van der Waals surface area contributed by atoms with Crippen molar-refractivity contribution >= 4 is 16.9 Å². The lowest BCUT2D eigenvalue weighted by Gasteiger charge is -2.38. The second-order valence-corrected chi connectivity index (χ2v) is 7.91. The van der Waals surface area contributed by atoms with Crippen LogP contribution in [0.3, 0.4) is 0 Å². The van der Waals surface area contributed by atoms with Crippen molar-refractivity contribution in [2.75, 3.05) is 19.7 Å². The summed E-state index contributed by atoms with van der Waals surface area (Å²) in [5, 5.41) is 21.3. The standard InChI is InChI=1S/C23H19F3N6O3/c24-23(25,26)35-17-5-3-16(4-6-17)32-22-20(18(7-8-27-22)14-10-28-29-11-14)21(30-32)15-12-31(13-15)19(34)2-1-9-33/h1-8,10-11,15,33H,9,12-13H2,(H,28,29)/b2-1+. The van der Waals surface area contributed by atoms with Gasteiger partial charge in [-0.25, -0.2) is 9.67 Å². The normalized spacial score (nSPS) is 14.6. The van der Waals surface area contributed by atoms with Crippen LogP contribution in [0.4, 0.5) is 13.2 Å². The molecule has 1 saturated heterocycles. The number of alkyl halides is 3. The fourth-order valence-corrected chi connectivity index (χ4v) is 4.05. The Morgan fingerprint density at radius 1 is 1.23 bits per heavy atom. The second kappa shape index (κ2) is 8.87. The molecule has 1 aromatic carbocycles. The molecule has 1 amide bonds. The summed E-state index contributed by atoms with van der Waals surface area (Å²) >= 11 is 0. The molecule has 0 radical (unpaired) electrons. The average Bonchev–Trinajstić information content (AvgIpc) is 3.45. The summed E-state index contributed by atoms with van der Waals surface area (Å²) in [6.45, 7) is 0.641. The first-order chi connectivity index (χ1) is 16.8. The molecule has 0 atom stereocenters. The van der Waals surface area contributed by atoms with Gasteiger partial charge in [0.2, 0.25) is 5.91 Å². The number of benzene rings is 1. The highest BCUT2D eigenvalue weighted by Crippen LogP contribution is 2.37. The van der Waals surface area contributed by atoms with Crippen molar-refractivity contribution in [3.63, 3.8) is 0 Å². The number of aliphatic hydroxyl groups excluding tert-OH is 1. The zero-order valence-electron chi connectivity index (χ0n) is 18.1. The first kappa shape index (κ1) is 22.6. The predicted octanol–water partition coefficient (Wildman–Crippen LogP) is 3.18. The van der Waals surface area contributed by atoms with Gasteiger partial charge in [0.05, 0.1) is 29.6 Å². The number of nitrogens with one attached hydrogen (secondary N) is 1. The van der Waals surface area contributed by atoms with Gasteiger partial charge in [-0.3, -0.25) is 9.89 Å². The van der Waals surface area contributed by atoms with E-state index in [2.05, 4.69) is 19.9 Å². The quantitative estimate of drug-likeness (QED) is 0.407. The Morgan fingerprint density at radius 2 is 2.00 bits per heavy atom. The van der Waals surface area contributed by atoms with Crippen LogP contribution in [0, 0.1) is 0 Å². The maximum Gasteiger partial charge on any atom is 0.573 e. The second-order valence-electron chi connectivity index (χ2n) is 7.91. The third kappa shape index (κ3) is 4.47. The van der Waals surface area contributed by atoms with Crippen molar-refractivity contribution in [3.05, 3.63) is 66.8 Å². The summed E-state index contributed by atoms with van der Waals surface area (Å²) < 4.78 is 43.2. The molecule has 180 valence electrons. The first-order valence-electron chi connectivity index (χ1n) is 10.6. The molecule has 3 aromatic heterocycles. The number of nitrogens with zero attached hydrogens (tertiary/aromatic N) is 5. The van der Waals surface area contributed by atoms with Gasteiger partial charge in [-0.15, -0.1) is 13.2 Å². The molecular formula is C23H19F3N6O3. The maximum absolute atomic E-state index is 12.5. The van der Waals surface area contributed by atoms with Crippen LogP contribution in [0.25, 0.3) is 27.8 Å². The molecule has 1 aliphatic rings. The summed E-state index contributed by atoms with van der Waals surface area (Å²) in [6.07, 6.45) is 2.98. The van der Waals surface area contributed by atoms with Crippen LogP contribution in [0.1, 0.15) is 11.6 Å². The van der Waals surface area contributed by atoms with E-state index < -0.39 is 6.36 Å². The molecule has 0 unspecified atom stereocenters. The van der Waals surface area contributed by atoms with Gasteiger partial charge in [-0.05, 0) is 35.9 Å². The molecule has 0 bridgehead atoms. The van der Waals surface area contributed by atoms with Gasteiger partial charge in [0.15, 0.2) is 5.65 Å². The van der Waals surface area contributed by atoms with E-state index in [0.29, 0.717) is 24.4 Å². The number of halogens is 3. The number of hydrogen-bond donors (Lipinski definition) is 2. The summed E-state index contributed by atoms with van der Waals surface area (Å²) in [6, 6.07) is 7.22. The Morgan fingerprint density at radius 3 is 2.66 bits per heavy atom. The van der Waals surface area contributed by atoms with Crippen LogP contribution in [0.2, 0.25) is 0 Å². The number of aromatic nitrogens is 5. The molecule has 0 spiro atoms. The lowest BCUT2D eigenvalue weighted by Crippen LogP contribution is -2.48. The molecule has 1 fully saturated rings. The van der Waals surface area contributed by atoms with E-state index >= 15 is 0 Å². The molecule has 0 saturated carbocycles. The fourth-order valence-electron chi connectivity index (χ4n) is 4.05. The van der Waals surface area contributed by atoms with Gasteiger partial charge < -0.3 is 14.7 Å². The zero-order chi connectivity index (χ0) is 24.6. The third-order valence-electron chi connectivity index (χ3n) is 5.67. The number of H-pyrrole nitrogens is 1. The average molecular weight is 484 g/mol. The Hall–Kier alpha value is -4.19. The molecule has 4 aromatic rings. The summed E-state index contributed by atoms with van der Waals surface area (Å²) in [4.78, 5) is 18.4. The minimum absolute atomic E-state index is 0.0760. The SMILES string of the molecule is O=C(/C=C/CO)N1CC(c2nn(-c3ccc(OC(F)(F)F)cc3)c3nccc(-c4cn[nH]c4)c23)C1. The van der Waals surface area contributed by atoms with Gasteiger partial charge in [-0.2, -0.15) is 10.2 Å². The molecule has 0 aliphatic carbocycles. The number of rotatable bonds is 6. The number of likely N-dealkylation sites (tertiary alicyclic amines) is 1. The van der Waals surface area contributed by atoms with E-state index in [1.165, 1.54) is 36.4 Å². The van der Waals surface area contributed by atoms with E-state index in [1.54, 1.807) is 28.2 Å². The van der Waals surface area contributed by atoms with Gasteiger partial charge in [0.25, 0.3) is 0 Å². The molecule has 9 nitrogen and oxygen atoms in total. The Kier molecular flexibility index (Phi) is 5.73. The van der Waals surface area contributed by atoms with Crippen molar-refractivity contribution in [1.29, 1.82) is 0 Å². The highest BCUT2D eigenvalue weighted by Gasteiger charge is 2.35. The molecule has 12 heteroatoms. The molecule has 2 N–H and O–H groups in total. The van der Waals surface area contributed by atoms with E-state index in [9.17, 15) is 18.0 Å².